The number of benzene rings is 1. The van der Waals surface area contributed by atoms with Crippen molar-refractivity contribution < 1.29 is 4.79 Å². The van der Waals surface area contributed by atoms with Crippen molar-refractivity contribution >= 4 is 11.7 Å². The van der Waals surface area contributed by atoms with Crippen LogP contribution in [0.3, 0.4) is 0 Å². The molecule has 1 fully saturated rings. The SMILES string of the molecule is NC(=O)c1ccc(NC2CC2c2ccccc2)nc1. The molecule has 1 amide bonds. The molecule has 3 rings (SSSR count). The van der Waals surface area contributed by atoms with Crippen molar-refractivity contribution in [3.8, 4) is 0 Å². The number of anilines is 1. The molecule has 1 heterocycles. The molecular formula is C15H15N3O. The van der Waals surface area contributed by atoms with Gasteiger partial charge in [-0.25, -0.2) is 4.98 Å². The summed E-state index contributed by atoms with van der Waals surface area (Å²) < 4.78 is 0. The minimum Gasteiger partial charge on any atom is -0.367 e. The first-order valence-electron chi connectivity index (χ1n) is 6.31. The Morgan fingerprint density at radius 3 is 2.63 bits per heavy atom. The van der Waals surface area contributed by atoms with Gasteiger partial charge in [-0.05, 0) is 24.1 Å². The van der Waals surface area contributed by atoms with E-state index < -0.39 is 5.91 Å². The van der Waals surface area contributed by atoms with Gasteiger partial charge < -0.3 is 11.1 Å². The predicted molar refractivity (Wildman–Crippen MR) is 74.0 cm³/mol. The van der Waals surface area contributed by atoms with E-state index in [4.69, 9.17) is 5.73 Å². The monoisotopic (exact) mass is 253 g/mol. The van der Waals surface area contributed by atoms with Crippen molar-refractivity contribution in [1.29, 1.82) is 0 Å². The van der Waals surface area contributed by atoms with Crippen molar-refractivity contribution in [3.63, 3.8) is 0 Å². The Morgan fingerprint density at radius 2 is 2.00 bits per heavy atom. The number of rotatable bonds is 4. The highest BCUT2D eigenvalue weighted by atomic mass is 16.1. The summed E-state index contributed by atoms with van der Waals surface area (Å²) in [6, 6.07) is 14.4. The second-order valence-electron chi connectivity index (χ2n) is 4.80. The Bertz CT molecular complexity index is 580. The molecule has 0 radical (unpaired) electrons. The molecule has 2 atom stereocenters. The average molecular weight is 253 g/mol. The lowest BCUT2D eigenvalue weighted by molar-refractivity contribution is 0.1000. The van der Waals surface area contributed by atoms with Gasteiger partial charge in [-0.3, -0.25) is 4.79 Å². The molecule has 0 spiro atoms. The zero-order valence-electron chi connectivity index (χ0n) is 10.4. The maximum atomic E-state index is 10.9. The van der Waals surface area contributed by atoms with Gasteiger partial charge in [-0.1, -0.05) is 30.3 Å². The number of pyridine rings is 1. The summed E-state index contributed by atoms with van der Waals surface area (Å²) in [6.07, 6.45) is 2.62. The second kappa shape index (κ2) is 4.72. The van der Waals surface area contributed by atoms with Gasteiger partial charge in [0.2, 0.25) is 5.91 Å². The van der Waals surface area contributed by atoms with E-state index >= 15 is 0 Å². The first-order chi connectivity index (χ1) is 9.24. The number of carbonyl (C=O) groups excluding carboxylic acids is 1. The molecule has 1 aromatic heterocycles. The molecule has 4 nitrogen and oxygen atoms in total. The van der Waals surface area contributed by atoms with Gasteiger partial charge in [0.15, 0.2) is 0 Å². The quantitative estimate of drug-likeness (QED) is 0.877. The molecule has 1 aliphatic carbocycles. The zero-order valence-corrected chi connectivity index (χ0v) is 10.4. The molecule has 1 aliphatic rings. The minimum absolute atomic E-state index is 0.425. The third-order valence-electron chi connectivity index (χ3n) is 3.40. The van der Waals surface area contributed by atoms with Gasteiger partial charge in [0.1, 0.15) is 5.82 Å². The van der Waals surface area contributed by atoms with E-state index in [-0.39, 0.29) is 0 Å². The molecule has 96 valence electrons. The fourth-order valence-corrected chi connectivity index (χ4v) is 2.24. The normalized spacial score (nSPS) is 20.8. The smallest absolute Gasteiger partial charge is 0.250 e. The Balaban J connectivity index is 1.63. The third kappa shape index (κ3) is 2.57. The van der Waals surface area contributed by atoms with Crippen LogP contribution in [0.5, 0.6) is 0 Å². The van der Waals surface area contributed by atoms with Crippen molar-refractivity contribution in [1.82, 2.24) is 4.98 Å². The van der Waals surface area contributed by atoms with Crippen LogP contribution in [-0.4, -0.2) is 16.9 Å². The third-order valence-corrected chi connectivity index (χ3v) is 3.40. The molecule has 3 N–H and O–H groups in total. The lowest BCUT2D eigenvalue weighted by Crippen LogP contribution is -2.12. The number of nitrogens with one attached hydrogen (secondary N) is 1. The average Bonchev–Trinajstić information content (AvgIpc) is 3.20. The molecule has 0 aliphatic heterocycles. The number of primary amides is 1. The summed E-state index contributed by atoms with van der Waals surface area (Å²) in [5.41, 5.74) is 6.96. The number of hydrogen-bond acceptors (Lipinski definition) is 3. The largest absolute Gasteiger partial charge is 0.367 e. The van der Waals surface area contributed by atoms with Gasteiger partial charge in [0.25, 0.3) is 0 Å². The molecule has 19 heavy (non-hydrogen) atoms. The van der Waals surface area contributed by atoms with Crippen LogP contribution in [0, 0.1) is 0 Å². The highest BCUT2D eigenvalue weighted by Gasteiger charge is 2.38. The van der Waals surface area contributed by atoms with Gasteiger partial charge in [0, 0.05) is 18.2 Å². The second-order valence-corrected chi connectivity index (χ2v) is 4.80. The van der Waals surface area contributed by atoms with Crippen molar-refractivity contribution in [3.05, 3.63) is 59.8 Å². The number of nitrogens with zero attached hydrogens (tertiary/aromatic N) is 1. The number of hydrogen-bond donors (Lipinski definition) is 2. The summed E-state index contributed by atoms with van der Waals surface area (Å²) in [7, 11) is 0. The van der Waals surface area contributed by atoms with E-state index in [9.17, 15) is 4.79 Å². The van der Waals surface area contributed by atoms with Crippen LogP contribution >= 0.6 is 0 Å². The van der Waals surface area contributed by atoms with Crippen LogP contribution in [0.25, 0.3) is 0 Å². The summed E-state index contributed by atoms with van der Waals surface area (Å²) in [5, 5.41) is 3.37. The fourth-order valence-electron chi connectivity index (χ4n) is 2.24. The fraction of sp³-hybridized carbons (Fsp3) is 0.200. The van der Waals surface area contributed by atoms with Crippen LogP contribution in [0.15, 0.2) is 48.7 Å². The molecule has 0 saturated heterocycles. The standard InChI is InChI=1S/C15H15N3O/c16-15(19)11-6-7-14(17-9-11)18-13-8-12(13)10-4-2-1-3-5-10/h1-7,9,12-13H,8H2,(H2,16,19)(H,17,18). The first kappa shape index (κ1) is 11.7. The molecule has 2 unspecified atom stereocenters. The Kier molecular flexibility index (Phi) is 2.91. The lowest BCUT2D eigenvalue weighted by Gasteiger charge is -2.05. The van der Waals surface area contributed by atoms with Crippen molar-refractivity contribution in [2.24, 2.45) is 5.73 Å². The summed E-state index contributed by atoms with van der Waals surface area (Å²) in [6.45, 7) is 0. The topological polar surface area (TPSA) is 68.0 Å². The molecule has 1 aromatic carbocycles. The van der Waals surface area contributed by atoms with Crippen LogP contribution in [0.2, 0.25) is 0 Å². The summed E-state index contributed by atoms with van der Waals surface area (Å²) in [4.78, 5) is 15.1. The van der Waals surface area contributed by atoms with Crippen LogP contribution in [0.4, 0.5) is 5.82 Å². The van der Waals surface area contributed by atoms with Crippen LogP contribution in [0.1, 0.15) is 28.3 Å². The highest BCUT2D eigenvalue weighted by Crippen LogP contribution is 2.42. The zero-order chi connectivity index (χ0) is 13.2. The Labute approximate surface area is 111 Å². The van der Waals surface area contributed by atoms with Crippen LogP contribution in [-0.2, 0) is 0 Å². The molecule has 4 heteroatoms. The number of amides is 1. The van der Waals surface area contributed by atoms with E-state index in [2.05, 4.69) is 34.6 Å². The van der Waals surface area contributed by atoms with Crippen molar-refractivity contribution in [2.45, 2.75) is 18.4 Å². The van der Waals surface area contributed by atoms with Crippen LogP contribution < -0.4 is 11.1 Å². The summed E-state index contributed by atoms with van der Waals surface area (Å²) in [5.74, 6) is 0.889. The van der Waals surface area contributed by atoms with E-state index in [1.165, 1.54) is 11.8 Å². The number of carbonyl (C=O) groups is 1. The molecule has 2 aromatic rings. The van der Waals surface area contributed by atoms with E-state index in [0.29, 0.717) is 17.5 Å². The van der Waals surface area contributed by atoms with E-state index in [1.807, 2.05) is 6.07 Å². The first-order valence-corrected chi connectivity index (χ1v) is 6.31. The molecule has 1 saturated carbocycles. The van der Waals surface area contributed by atoms with Gasteiger partial charge in [-0.2, -0.15) is 0 Å². The number of nitrogens with two attached hydrogens (primary N) is 1. The lowest BCUT2D eigenvalue weighted by atomic mass is 10.1. The van der Waals surface area contributed by atoms with Gasteiger partial charge in [0.05, 0.1) is 5.56 Å². The maximum Gasteiger partial charge on any atom is 0.250 e. The Morgan fingerprint density at radius 1 is 1.21 bits per heavy atom. The van der Waals surface area contributed by atoms with Gasteiger partial charge in [-0.15, -0.1) is 0 Å². The molecular weight excluding hydrogens is 238 g/mol. The maximum absolute atomic E-state index is 10.9. The van der Waals surface area contributed by atoms with E-state index in [0.717, 1.165) is 12.2 Å². The predicted octanol–water partition coefficient (Wildman–Crippen LogP) is 2.15. The number of aromatic nitrogens is 1. The summed E-state index contributed by atoms with van der Waals surface area (Å²) >= 11 is 0. The Hall–Kier alpha value is -2.36. The minimum atomic E-state index is -0.451. The van der Waals surface area contributed by atoms with Gasteiger partial charge >= 0.3 is 0 Å². The highest BCUT2D eigenvalue weighted by molar-refractivity contribution is 5.92. The molecule has 0 bridgehead atoms. The van der Waals surface area contributed by atoms with E-state index in [1.54, 1.807) is 12.1 Å². The van der Waals surface area contributed by atoms with Crippen molar-refractivity contribution in [2.75, 3.05) is 5.32 Å².